The zero-order valence-electron chi connectivity index (χ0n) is 20.9. The van der Waals surface area contributed by atoms with E-state index >= 15 is 0 Å². The van der Waals surface area contributed by atoms with Gasteiger partial charge in [-0.15, -0.1) is 0 Å². The minimum absolute atomic E-state index is 0.0368. The van der Waals surface area contributed by atoms with Gasteiger partial charge in [0, 0.05) is 16.5 Å². The van der Waals surface area contributed by atoms with Crippen LogP contribution in [0.25, 0.3) is 0 Å². The van der Waals surface area contributed by atoms with E-state index < -0.39 is 16.2 Å². The average Bonchev–Trinajstić information content (AvgIpc) is 2.70. The summed E-state index contributed by atoms with van der Waals surface area (Å²) in [4.78, 5) is 0. The first kappa shape index (κ1) is 24.5. The van der Waals surface area contributed by atoms with E-state index in [-0.39, 0.29) is 10.6 Å². The molecule has 0 radical (unpaired) electrons. The lowest BCUT2D eigenvalue weighted by Gasteiger charge is -2.37. The van der Waals surface area contributed by atoms with Gasteiger partial charge < -0.3 is 9.74 Å². The maximum Gasteiger partial charge on any atom is 0.250 e. The lowest BCUT2D eigenvalue weighted by atomic mass is 10.1. The van der Waals surface area contributed by atoms with Crippen LogP contribution in [0.2, 0.25) is 18.1 Å². The number of rotatable bonds is 6. The Bertz CT molecular complexity index is 981. The largest absolute Gasteiger partial charge is 0.543 e. The summed E-state index contributed by atoms with van der Waals surface area (Å²) in [6.07, 6.45) is 0. The quantitative estimate of drug-likeness (QED) is 0.313. The van der Waals surface area contributed by atoms with Gasteiger partial charge in [0.2, 0.25) is 8.32 Å². The van der Waals surface area contributed by atoms with Gasteiger partial charge in [0.15, 0.2) is 0 Å². The molecule has 0 amide bonds. The molecule has 3 rings (SSSR count). The van der Waals surface area contributed by atoms with E-state index in [0.717, 1.165) is 5.75 Å². The lowest BCUT2D eigenvalue weighted by molar-refractivity contribution is 0.492. The topological polar surface area (TPSA) is 21.3 Å². The molecular formula is C28H38NOPSi. The SMILES string of the molecule is CC(C)(C)Nc1ccc(O[Si](C)(C)C(C)(C)C)cc1P(c1ccccc1)c1ccccc1. The molecule has 2 nitrogen and oxygen atoms in total. The normalized spacial score (nSPS) is 12.7. The smallest absolute Gasteiger partial charge is 0.250 e. The molecule has 1 N–H and O–H groups in total. The lowest BCUT2D eigenvalue weighted by Crippen LogP contribution is -2.44. The van der Waals surface area contributed by atoms with Crippen LogP contribution in [-0.2, 0) is 0 Å². The van der Waals surface area contributed by atoms with Gasteiger partial charge in [0.05, 0.1) is 0 Å². The zero-order valence-corrected chi connectivity index (χ0v) is 22.8. The molecule has 0 saturated carbocycles. The van der Waals surface area contributed by atoms with Gasteiger partial charge in [-0.25, -0.2) is 0 Å². The van der Waals surface area contributed by atoms with Gasteiger partial charge in [0.1, 0.15) is 5.75 Å². The molecule has 0 saturated heterocycles. The Morgan fingerprint density at radius 3 is 1.66 bits per heavy atom. The van der Waals surface area contributed by atoms with Crippen LogP contribution in [0.4, 0.5) is 5.69 Å². The van der Waals surface area contributed by atoms with Crippen molar-refractivity contribution in [1.82, 2.24) is 0 Å². The fraction of sp³-hybridized carbons (Fsp3) is 0.357. The second kappa shape index (κ2) is 9.41. The summed E-state index contributed by atoms with van der Waals surface area (Å²) in [7, 11) is -2.67. The van der Waals surface area contributed by atoms with Gasteiger partial charge in [-0.2, -0.15) is 0 Å². The highest BCUT2D eigenvalue weighted by atomic mass is 31.1. The Balaban J connectivity index is 2.18. The second-order valence-corrected chi connectivity index (χ2v) is 17.8. The van der Waals surface area contributed by atoms with Gasteiger partial charge in [-0.1, -0.05) is 81.4 Å². The van der Waals surface area contributed by atoms with E-state index in [2.05, 4.69) is 139 Å². The maximum absolute atomic E-state index is 6.74. The number of hydrogen-bond acceptors (Lipinski definition) is 2. The van der Waals surface area contributed by atoms with Gasteiger partial charge in [-0.3, -0.25) is 0 Å². The highest BCUT2D eigenvalue weighted by Crippen LogP contribution is 2.40. The highest BCUT2D eigenvalue weighted by molar-refractivity contribution is 7.80. The van der Waals surface area contributed by atoms with E-state index in [0.29, 0.717) is 0 Å². The fourth-order valence-corrected chi connectivity index (χ4v) is 6.74. The molecule has 32 heavy (non-hydrogen) atoms. The third-order valence-electron chi connectivity index (χ3n) is 5.93. The highest BCUT2D eigenvalue weighted by Gasteiger charge is 2.39. The third kappa shape index (κ3) is 6.03. The van der Waals surface area contributed by atoms with Crippen LogP contribution in [0, 0.1) is 0 Å². The van der Waals surface area contributed by atoms with Crippen molar-refractivity contribution in [2.24, 2.45) is 0 Å². The average molecular weight is 464 g/mol. The van der Waals surface area contributed by atoms with Gasteiger partial charge in [-0.05, 0) is 75.6 Å². The summed E-state index contributed by atoms with van der Waals surface area (Å²) < 4.78 is 6.74. The van der Waals surface area contributed by atoms with E-state index in [1.807, 2.05) is 0 Å². The molecule has 0 atom stereocenters. The Kier molecular flexibility index (Phi) is 7.22. The van der Waals surface area contributed by atoms with Crippen molar-refractivity contribution in [2.45, 2.75) is 65.2 Å². The van der Waals surface area contributed by atoms with Crippen molar-refractivity contribution < 1.29 is 4.43 Å². The van der Waals surface area contributed by atoms with E-state index in [1.54, 1.807) is 0 Å². The van der Waals surface area contributed by atoms with E-state index in [4.69, 9.17) is 4.43 Å². The first-order valence-electron chi connectivity index (χ1n) is 11.4. The summed E-state index contributed by atoms with van der Waals surface area (Å²) >= 11 is 0. The van der Waals surface area contributed by atoms with E-state index in [1.165, 1.54) is 21.6 Å². The maximum atomic E-state index is 6.74. The van der Waals surface area contributed by atoms with Crippen molar-refractivity contribution >= 4 is 37.8 Å². The molecule has 3 aromatic rings. The molecule has 4 heteroatoms. The van der Waals surface area contributed by atoms with E-state index in [9.17, 15) is 0 Å². The van der Waals surface area contributed by atoms with Crippen LogP contribution in [0.3, 0.4) is 0 Å². The summed E-state index contributed by atoms with van der Waals surface area (Å²) in [5.41, 5.74) is 1.14. The molecule has 0 aromatic heterocycles. The summed E-state index contributed by atoms with van der Waals surface area (Å²) in [5, 5.41) is 7.91. The van der Waals surface area contributed by atoms with Crippen molar-refractivity contribution in [3.63, 3.8) is 0 Å². The van der Waals surface area contributed by atoms with Crippen LogP contribution in [0.5, 0.6) is 5.75 Å². The summed E-state index contributed by atoms with van der Waals surface area (Å²) in [6, 6.07) is 28.4. The number of anilines is 1. The molecular weight excluding hydrogens is 425 g/mol. The van der Waals surface area contributed by atoms with Crippen molar-refractivity contribution in [3.05, 3.63) is 78.9 Å². The monoisotopic (exact) mass is 463 g/mol. The minimum Gasteiger partial charge on any atom is -0.543 e. The Labute approximate surface area is 197 Å². The summed E-state index contributed by atoms with van der Waals surface area (Å²) in [6.45, 7) is 18.1. The number of nitrogens with one attached hydrogen (secondary N) is 1. The third-order valence-corrected chi connectivity index (χ3v) is 12.8. The first-order valence-corrected chi connectivity index (χ1v) is 15.6. The van der Waals surface area contributed by atoms with Crippen LogP contribution in [0.15, 0.2) is 78.9 Å². The minimum atomic E-state index is -1.94. The van der Waals surface area contributed by atoms with Crippen molar-refractivity contribution in [2.75, 3.05) is 5.32 Å². The van der Waals surface area contributed by atoms with Crippen LogP contribution < -0.4 is 25.7 Å². The molecule has 0 spiro atoms. The molecule has 0 heterocycles. The predicted molar refractivity (Wildman–Crippen MR) is 146 cm³/mol. The number of hydrogen-bond donors (Lipinski definition) is 1. The van der Waals surface area contributed by atoms with Crippen LogP contribution in [0.1, 0.15) is 41.5 Å². The van der Waals surface area contributed by atoms with Crippen LogP contribution >= 0.6 is 7.92 Å². The predicted octanol–water partition coefficient (Wildman–Crippen LogP) is 7.04. The molecule has 0 aliphatic rings. The summed E-state index contributed by atoms with van der Waals surface area (Å²) in [5.74, 6) is 0.977. The molecule has 0 bridgehead atoms. The molecule has 0 aliphatic carbocycles. The zero-order chi connectivity index (χ0) is 23.6. The standard InChI is InChI=1S/C28H38NOPSi/c1-27(2,3)29-25-20-19-22(30-32(7,8)28(4,5)6)21-26(25)31(23-15-11-9-12-16-23)24-17-13-10-14-18-24/h9-21,29H,1-8H3. The van der Waals surface area contributed by atoms with Gasteiger partial charge >= 0.3 is 0 Å². The number of benzene rings is 3. The molecule has 0 unspecified atom stereocenters. The molecule has 0 fully saturated rings. The van der Waals surface area contributed by atoms with Crippen molar-refractivity contribution in [3.8, 4) is 5.75 Å². The Morgan fingerprint density at radius 2 is 1.22 bits per heavy atom. The Morgan fingerprint density at radius 1 is 0.719 bits per heavy atom. The molecule has 3 aromatic carbocycles. The second-order valence-electron chi connectivity index (χ2n) is 10.9. The Hall–Kier alpha value is -2.09. The first-order chi connectivity index (χ1) is 14.9. The van der Waals surface area contributed by atoms with Crippen molar-refractivity contribution in [1.29, 1.82) is 0 Å². The fourth-order valence-electron chi connectivity index (χ4n) is 3.30. The molecule has 170 valence electrons. The molecule has 0 aliphatic heterocycles. The van der Waals surface area contributed by atoms with Crippen LogP contribution in [-0.4, -0.2) is 13.9 Å². The van der Waals surface area contributed by atoms with Gasteiger partial charge in [0.25, 0.3) is 0 Å².